The van der Waals surface area contributed by atoms with Crippen molar-refractivity contribution in [1.29, 1.82) is 0 Å². The van der Waals surface area contributed by atoms with Crippen molar-refractivity contribution in [3.05, 3.63) is 51.0 Å². The SMILES string of the molecule is CC(C)[C@@H](C(=O)O)N1C(=O)/C(=C\c2ccc(-c3c(Cl)cccc3Cl)o2)SC1=S. The van der Waals surface area contributed by atoms with Gasteiger partial charge in [-0.3, -0.25) is 9.69 Å². The number of hydrogen-bond donors (Lipinski definition) is 1. The summed E-state index contributed by atoms with van der Waals surface area (Å²) in [4.78, 5) is 25.8. The van der Waals surface area contributed by atoms with Crippen LogP contribution in [0, 0.1) is 5.92 Å². The van der Waals surface area contributed by atoms with E-state index in [0.717, 1.165) is 16.7 Å². The second-order valence-corrected chi connectivity index (χ2v) is 8.87. The third-order valence-corrected chi connectivity index (χ3v) is 6.06. The second kappa shape index (κ2) is 8.29. The zero-order chi connectivity index (χ0) is 20.6. The second-order valence-electron chi connectivity index (χ2n) is 6.38. The van der Waals surface area contributed by atoms with Gasteiger partial charge >= 0.3 is 5.97 Å². The molecule has 2 aromatic rings. The number of carboxylic acids is 1. The summed E-state index contributed by atoms with van der Waals surface area (Å²) in [6.45, 7) is 3.46. The van der Waals surface area contributed by atoms with Crippen molar-refractivity contribution in [2.24, 2.45) is 5.92 Å². The first-order valence-electron chi connectivity index (χ1n) is 8.24. The van der Waals surface area contributed by atoms with Gasteiger partial charge in [0.15, 0.2) is 0 Å². The van der Waals surface area contributed by atoms with Crippen LogP contribution in [0.3, 0.4) is 0 Å². The molecule has 1 aliphatic heterocycles. The highest BCUT2D eigenvalue weighted by Gasteiger charge is 2.42. The van der Waals surface area contributed by atoms with Crippen molar-refractivity contribution in [1.82, 2.24) is 4.90 Å². The van der Waals surface area contributed by atoms with Crippen molar-refractivity contribution < 1.29 is 19.1 Å². The average Bonchev–Trinajstić information content (AvgIpc) is 3.15. The molecule has 1 fully saturated rings. The number of rotatable bonds is 5. The predicted octanol–water partition coefficient (Wildman–Crippen LogP) is 5.56. The normalized spacial score (nSPS) is 17.0. The fraction of sp³-hybridized carbons (Fsp3) is 0.211. The zero-order valence-electron chi connectivity index (χ0n) is 14.8. The highest BCUT2D eigenvalue weighted by Crippen LogP contribution is 2.38. The molecule has 1 saturated heterocycles. The Bertz CT molecular complexity index is 979. The lowest BCUT2D eigenvalue weighted by Gasteiger charge is -2.26. The Morgan fingerprint density at radius 2 is 1.89 bits per heavy atom. The highest BCUT2D eigenvalue weighted by molar-refractivity contribution is 8.26. The number of halogens is 2. The maximum absolute atomic E-state index is 12.8. The molecular weight excluding hydrogens is 441 g/mol. The molecule has 1 aliphatic rings. The number of furan rings is 1. The summed E-state index contributed by atoms with van der Waals surface area (Å²) in [5.41, 5.74) is 0.559. The summed E-state index contributed by atoms with van der Waals surface area (Å²) in [5, 5.41) is 10.4. The van der Waals surface area contributed by atoms with Crippen LogP contribution in [-0.2, 0) is 9.59 Å². The number of thiocarbonyl (C=S) groups is 1. The molecule has 5 nitrogen and oxygen atoms in total. The van der Waals surface area contributed by atoms with Crippen LogP contribution in [0.15, 0.2) is 39.7 Å². The van der Waals surface area contributed by atoms with Crippen molar-refractivity contribution in [3.8, 4) is 11.3 Å². The van der Waals surface area contributed by atoms with Gasteiger partial charge in [-0.25, -0.2) is 4.79 Å². The van der Waals surface area contributed by atoms with Gasteiger partial charge in [-0.05, 0) is 30.2 Å². The third kappa shape index (κ3) is 3.98. The number of aliphatic carboxylic acids is 1. The smallest absolute Gasteiger partial charge is 0.327 e. The van der Waals surface area contributed by atoms with Crippen LogP contribution in [0.4, 0.5) is 0 Å². The van der Waals surface area contributed by atoms with Crippen molar-refractivity contribution in [2.45, 2.75) is 19.9 Å². The predicted molar refractivity (Wildman–Crippen MR) is 115 cm³/mol. The Morgan fingerprint density at radius 1 is 1.25 bits per heavy atom. The van der Waals surface area contributed by atoms with Crippen LogP contribution in [-0.4, -0.2) is 32.2 Å². The monoisotopic (exact) mass is 455 g/mol. The molecule has 0 aliphatic carbocycles. The number of nitrogens with zero attached hydrogens (tertiary/aromatic N) is 1. The number of carbonyl (C=O) groups is 2. The molecule has 1 amide bonds. The van der Waals surface area contributed by atoms with Crippen LogP contribution in [0.5, 0.6) is 0 Å². The number of hydrogen-bond acceptors (Lipinski definition) is 5. The lowest BCUT2D eigenvalue weighted by atomic mass is 10.0. The Kier molecular flexibility index (Phi) is 6.19. The lowest BCUT2D eigenvalue weighted by molar-refractivity contribution is -0.146. The van der Waals surface area contributed by atoms with Gasteiger partial charge in [-0.2, -0.15) is 0 Å². The van der Waals surface area contributed by atoms with E-state index in [-0.39, 0.29) is 10.2 Å². The molecular formula is C19H15Cl2NO4S2. The van der Waals surface area contributed by atoms with Gasteiger partial charge in [-0.1, -0.05) is 67.1 Å². The van der Waals surface area contributed by atoms with Crippen LogP contribution in [0.25, 0.3) is 17.4 Å². The molecule has 1 atom stereocenters. The summed E-state index contributed by atoms with van der Waals surface area (Å²) in [5.74, 6) is -0.978. The largest absolute Gasteiger partial charge is 0.480 e. The van der Waals surface area contributed by atoms with Crippen LogP contribution < -0.4 is 0 Å². The first-order valence-corrected chi connectivity index (χ1v) is 10.2. The molecule has 1 aromatic carbocycles. The van der Waals surface area contributed by atoms with Crippen LogP contribution in [0.2, 0.25) is 10.0 Å². The topological polar surface area (TPSA) is 70.8 Å². The molecule has 0 radical (unpaired) electrons. The maximum Gasteiger partial charge on any atom is 0.327 e. The highest BCUT2D eigenvalue weighted by atomic mass is 35.5. The summed E-state index contributed by atoms with van der Waals surface area (Å²) in [6, 6.07) is 7.50. The fourth-order valence-corrected chi connectivity index (χ4v) is 4.73. The molecule has 3 rings (SSSR count). The third-order valence-electron chi connectivity index (χ3n) is 4.10. The number of amides is 1. The molecule has 0 saturated carbocycles. The molecule has 0 bridgehead atoms. The standard InChI is InChI=1S/C19H15Cl2NO4S2/c1-9(2)16(18(24)25)22-17(23)14(28-19(22)27)8-10-6-7-13(26-10)15-11(20)4-3-5-12(15)21/h3-9,16H,1-2H3,(H,24,25)/b14-8+/t16-/m0/s1. The minimum atomic E-state index is -1.10. The van der Waals surface area contributed by atoms with Gasteiger partial charge in [0.2, 0.25) is 0 Å². The summed E-state index contributed by atoms with van der Waals surface area (Å²) in [7, 11) is 0. The average molecular weight is 456 g/mol. The number of benzene rings is 1. The van der Waals surface area contributed by atoms with Crippen LogP contribution >= 0.6 is 47.2 Å². The molecule has 1 N–H and O–H groups in total. The van der Waals surface area contributed by atoms with E-state index in [0.29, 0.717) is 32.0 Å². The molecule has 0 unspecified atom stereocenters. The number of carboxylic acid groups (broad SMARTS) is 1. The maximum atomic E-state index is 12.8. The molecule has 0 spiro atoms. The molecule has 9 heteroatoms. The van der Waals surface area contributed by atoms with E-state index in [1.165, 1.54) is 6.08 Å². The molecule has 28 heavy (non-hydrogen) atoms. The van der Waals surface area contributed by atoms with Gasteiger partial charge in [0.05, 0.1) is 20.5 Å². The Labute approximate surface area is 181 Å². The van der Waals surface area contributed by atoms with E-state index in [1.54, 1.807) is 44.2 Å². The Morgan fingerprint density at radius 3 is 2.46 bits per heavy atom. The number of thioether (sulfide) groups is 1. The van der Waals surface area contributed by atoms with E-state index < -0.39 is 17.9 Å². The first-order chi connectivity index (χ1) is 13.2. The van der Waals surface area contributed by atoms with Crippen molar-refractivity contribution >= 4 is 69.5 Å². The van der Waals surface area contributed by atoms with Crippen molar-refractivity contribution in [3.63, 3.8) is 0 Å². The van der Waals surface area contributed by atoms with Gasteiger partial charge in [-0.15, -0.1) is 0 Å². The molecule has 146 valence electrons. The van der Waals surface area contributed by atoms with E-state index in [4.69, 9.17) is 39.8 Å². The van der Waals surface area contributed by atoms with Gasteiger partial charge in [0, 0.05) is 6.08 Å². The summed E-state index contributed by atoms with van der Waals surface area (Å²) < 4.78 is 5.99. The molecule has 1 aromatic heterocycles. The quantitative estimate of drug-likeness (QED) is 0.469. The first kappa shape index (κ1) is 20.9. The Hall–Kier alpha value is -1.80. The molecule has 2 heterocycles. The zero-order valence-corrected chi connectivity index (χ0v) is 18.0. The number of carbonyl (C=O) groups excluding carboxylic acids is 1. The van der Waals surface area contributed by atoms with E-state index in [1.807, 2.05) is 0 Å². The lowest BCUT2D eigenvalue weighted by Crippen LogP contribution is -2.47. The minimum absolute atomic E-state index is 0.207. The van der Waals surface area contributed by atoms with E-state index in [9.17, 15) is 14.7 Å². The van der Waals surface area contributed by atoms with E-state index in [2.05, 4.69) is 0 Å². The minimum Gasteiger partial charge on any atom is -0.480 e. The Balaban J connectivity index is 1.91. The summed E-state index contributed by atoms with van der Waals surface area (Å²) in [6.07, 6.45) is 1.53. The van der Waals surface area contributed by atoms with E-state index >= 15 is 0 Å². The van der Waals surface area contributed by atoms with Crippen molar-refractivity contribution in [2.75, 3.05) is 0 Å². The van der Waals surface area contributed by atoms with Gasteiger partial charge in [0.25, 0.3) is 5.91 Å². The van der Waals surface area contributed by atoms with Gasteiger partial charge in [0.1, 0.15) is 21.9 Å². The van der Waals surface area contributed by atoms with Gasteiger partial charge < -0.3 is 9.52 Å². The fourth-order valence-electron chi connectivity index (χ4n) is 2.84. The summed E-state index contributed by atoms with van der Waals surface area (Å²) >= 11 is 18.7. The van der Waals surface area contributed by atoms with Crippen LogP contribution in [0.1, 0.15) is 19.6 Å².